The molecule has 5 nitrogen and oxygen atoms in total. The lowest BCUT2D eigenvalue weighted by Crippen LogP contribution is -2.36. The Kier molecular flexibility index (Phi) is 4.95. The van der Waals surface area contributed by atoms with Gasteiger partial charge >= 0.3 is 0 Å². The summed E-state index contributed by atoms with van der Waals surface area (Å²) in [5, 5.41) is 8.48. The van der Waals surface area contributed by atoms with E-state index in [0.29, 0.717) is 12.2 Å². The normalized spacial score (nSPS) is 14.2. The van der Waals surface area contributed by atoms with E-state index in [-0.39, 0.29) is 16.4 Å². The summed E-state index contributed by atoms with van der Waals surface area (Å²) in [6, 6.07) is 6.72. The summed E-state index contributed by atoms with van der Waals surface area (Å²) < 4.78 is 23.1. The zero-order chi connectivity index (χ0) is 14.7. The van der Waals surface area contributed by atoms with Crippen molar-refractivity contribution in [1.29, 1.82) is 0 Å². The number of sulfonamides is 1. The Morgan fingerprint density at radius 3 is 2.32 bits per heavy atom. The average Bonchev–Trinajstić information content (AvgIpc) is 2.26. The molecule has 6 heteroatoms. The maximum Gasteiger partial charge on any atom is 0.240 e. The SMILES string of the molecule is CC(C)(C)C(CCN)Nc1ccccc1S(N)(=O)=O. The molecule has 0 aliphatic rings. The molecule has 0 aliphatic carbocycles. The third kappa shape index (κ3) is 4.49. The predicted molar refractivity (Wildman–Crippen MR) is 78.4 cm³/mol. The first-order chi connectivity index (χ1) is 8.66. The lowest BCUT2D eigenvalue weighted by atomic mass is 9.84. The summed E-state index contributed by atoms with van der Waals surface area (Å²) in [5.41, 5.74) is 6.11. The Morgan fingerprint density at radius 2 is 1.84 bits per heavy atom. The summed E-state index contributed by atoms with van der Waals surface area (Å²) in [5.74, 6) is 0. The summed E-state index contributed by atoms with van der Waals surface area (Å²) in [6.07, 6.45) is 0.752. The molecule has 0 fully saturated rings. The molecule has 1 unspecified atom stereocenters. The highest BCUT2D eigenvalue weighted by Crippen LogP contribution is 2.28. The molecule has 1 atom stereocenters. The van der Waals surface area contributed by atoms with Crippen molar-refractivity contribution in [3.63, 3.8) is 0 Å². The van der Waals surface area contributed by atoms with Gasteiger partial charge in [-0.25, -0.2) is 13.6 Å². The van der Waals surface area contributed by atoms with Crippen LogP contribution in [0.1, 0.15) is 27.2 Å². The molecule has 0 aliphatic heterocycles. The zero-order valence-corrected chi connectivity index (χ0v) is 12.5. The number of nitrogens with one attached hydrogen (secondary N) is 1. The molecule has 1 aromatic carbocycles. The molecular formula is C13H23N3O2S. The first-order valence-corrected chi connectivity index (χ1v) is 7.79. The molecule has 1 rings (SSSR count). The van der Waals surface area contributed by atoms with Crippen LogP contribution in [0, 0.1) is 5.41 Å². The topological polar surface area (TPSA) is 98.2 Å². The van der Waals surface area contributed by atoms with Gasteiger partial charge in [-0.1, -0.05) is 32.9 Å². The highest BCUT2D eigenvalue weighted by Gasteiger charge is 2.25. The fourth-order valence-electron chi connectivity index (χ4n) is 1.91. The van der Waals surface area contributed by atoms with Crippen LogP contribution in [0.3, 0.4) is 0 Å². The summed E-state index contributed by atoms with van der Waals surface area (Å²) in [6.45, 7) is 6.78. The van der Waals surface area contributed by atoms with Gasteiger partial charge in [-0.2, -0.15) is 0 Å². The van der Waals surface area contributed by atoms with Crippen LogP contribution in [0.2, 0.25) is 0 Å². The second-order valence-corrected chi connectivity index (χ2v) is 7.21. The van der Waals surface area contributed by atoms with Crippen LogP contribution >= 0.6 is 0 Å². The maximum atomic E-state index is 11.6. The van der Waals surface area contributed by atoms with E-state index in [1.54, 1.807) is 18.2 Å². The van der Waals surface area contributed by atoms with E-state index in [1.165, 1.54) is 6.07 Å². The molecule has 108 valence electrons. The number of hydrogen-bond donors (Lipinski definition) is 3. The summed E-state index contributed by atoms with van der Waals surface area (Å²) in [4.78, 5) is 0.112. The average molecular weight is 285 g/mol. The van der Waals surface area contributed by atoms with Crippen molar-refractivity contribution in [1.82, 2.24) is 0 Å². The van der Waals surface area contributed by atoms with Crippen molar-refractivity contribution in [2.24, 2.45) is 16.3 Å². The number of nitrogens with two attached hydrogens (primary N) is 2. The molecule has 19 heavy (non-hydrogen) atoms. The van der Waals surface area contributed by atoms with E-state index in [0.717, 1.165) is 6.42 Å². The van der Waals surface area contributed by atoms with E-state index < -0.39 is 10.0 Å². The quantitative estimate of drug-likeness (QED) is 0.763. The van der Waals surface area contributed by atoms with Crippen LogP contribution in [0.25, 0.3) is 0 Å². The van der Waals surface area contributed by atoms with Crippen molar-refractivity contribution in [3.05, 3.63) is 24.3 Å². The van der Waals surface area contributed by atoms with Gasteiger partial charge in [0.15, 0.2) is 0 Å². The predicted octanol–water partition coefficient (Wildman–Crippen LogP) is 1.51. The van der Waals surface area contributed by atoms with Crippen LogP contribution in [0.15, 0.2) is 29.2 Å². The molecule has 0 saturated heterocycles. The van der Waals surface area contributed by atoms with Gasteiger partial charge in [0.2, 0.25) is 10.0 Å². The maximum absolute atomic E-state index is 11.6. The van der Waals surface area contributed by atoms with E-state index in [9.17, 15) is 8.42 Å². The van der Waals surface area contributed by atoms with Crippen molar-refractivity contribution in [2.45, 2.75) is 38.1 Å². The minimum absolute atomic E-state index is 0.0369. The van der Waals surface area contributed by atoms with Crippen LogP contribution < -0.4 is 16.2 Å². The van der Waals surface area contributed by atoms with Crippen LogP contribution in [0.4, 0.5) is 5.69 Å². The third-order valence-corrected chi connectivity index (χ3v) is 3.99. The molecule has 0 bridgehead atoms. The summed E-state index contributed by atoms with van der Waals surface area (Å²) in [7, 11) is -3.73. The lowest BCUT2D eigenvalue weighted by molar-refractivity contribution is 0.328. The smallest absolute Gasteiger partial charge is 0.240 e. The minimum atomic E-state index is -3.73. The monoisotopic (exact) mass is 285 g/mol. The van der Waals surface area contributed by atoms with Gasteiger partial charge in [-0.05, 0) is 30.5 Å². The van der Waals surface area contributed by atoms with E-state index in [4.69, 9.17) is 10.9 Å². The molecule has 0 amide bonds. The number of anilines is 1. The van der Waals surface area contributed by atoms with Gasteiger partial charge in [0.1, 0.15) is 4.90 Å². The summed E-state index contributed by atoms with van der Waals surface area (Å²) >= 11 is 0. The molecule has 0 spiro atoms. The first kappa shape index (κ1) is 15.9. The Balaban J connectivity index is 3.11. The number of primary sulfonamides is 1. The highest BCUT2D eigenvalue weighted by atomic mass is 32.2. The van der Waals surface area contributed by atoms with Gasteiger partial charge in [0.25, 0.3) is 0 Å². The van der Waals surface area contributed by atoms with E-state index >= 15 is 0 Å². The van der Waals surface area contributed by atoms with Crippen molar-refractivity contribution >= 4 is 15.7 Å². The number of hydrogen-bond acceptors (Lipinski definition) is 4. The van der Waals surface area contributed by atoms with Gasteiger partial charge in [0, 0.05) is 6.04 Å². The van der Waals surface area contributed by atoms with Gasteiger partial charge in [-0.15, -0.1) is 0 Å². The lowest BCUT2D eigenvalue weighted by Gasteiger charge is -2.32. The Bertz CT molecular complexity index is 521. The van der Waals surface area contributed by atoms with E-state index in [2.05, 4.69) is 26.1 Å². The van der Waals surface area contributed by atoms with E-state index in [1.807, 2.05) is 0 Å². The highest BCUT2D eigenvalue weighted by molar-refractivity contribution is 7.89. The Labute approximate surface area is 115 Å². The third-order valence-electron chi connectivity index (χ3n) is 3.02. The van der Waals surface area contributed by atoms with Crippen LogP contribution in [-0.2, 0) is 10.0 Å². The number of benzene rings is 1. The van der Waals surface area contributed by atoms with Crippen LogP contribution in [-0.4, -0.2) is 21.0 Å². The van der Waals surface area contributed by atoms with Gasteiger partial charge < -0.3 is 11.1 Å². The molecule has 0 aromatic heterocycles. The second kappa shape index (κ2) is 5.90. The number of rotatable bonds is 5. The second-order valence-electron chi connectivity index (χ2n) is 5.68. The molecule has 0 saturated carbocycles. The zero-order valence-electron chi connectivity index (χ0n) is 11.7. The minimum Gasteiger partial charge on any atom is -0.381 e. The van der Waals surface area contributed by atoms with Crippen LogP contribution in [0.5, 0.6) is 0 Å². The molecule has 0 heterocycles. The molecule has 1 aromatic rings. The Hall–Kier alpha value is -1.11. The first-order valence-electron chi connectivity index (χ1n) is 6.24. The number of para-hydroxylation sites is 1. The van der Waals surface area contributed by atoms with Crippen molar-refractivity contribution in [2.75, 3.05) is 11.9 Å². The largest absolute Gasteiger partial charge is 0.381 e. The standard InChI is InChI=1S/C13H23N3O2S/c1-13(2,3)12(8-9-14)16-10-6-4-5-7-11(10)19(15,17)18/h4-7,12,16H,8-9,14H2,1-3H3,(H2,15,17,18). The van der Waals surface area contributed by atoms with Gasteiger partial charge in [0.05, 0.1) is 5.69 Å². The van der Waals surface area contributed by atoms with Crippen molar-refractivity contribution in [3.8, 4) is 0 Å². The fraction of sp³-hybridized carbons (Fsp3) is 0.538. The fourth-order valence-corrected chi connectivity index (χ4v) is 2.61. The molecule has 5 N–H and O–H groups in total. The molecular weight excluding hydrogens is 262 g/mol. The van der Waals surface area contributed by atoms with Crippen molar-refractivity contribution < 1.29 is 8.42 Å². The van der Waals surface area contributed by atoms with Gasteiger partial charge in [-0.3, -0.25) is 0 Å². The Morgan fingerprint density at radius 1 is 1.26 bits per heavy atom. The molecule has 0 radical (unpaired) electrons.